The minimum absolute atomic E-state index is 0.124. The molecule has 6 nitrogen and oxygen atoms in total. The zero-order chi connectivity index (χ0) is 17.1. The Hall–Kier alpha value is -2.86. The molecule has 1 aliphatic rings. The molecule has 0 saturated heterocycles. The van der Waals surface area contributed by atoms with E-state index < -0.39 is 5.97 Å². The average molecular weight is 326 g/mol. The molecule has 24 heavy (non-hydrogen) atoms. The van der Waals surface area contributed by atoms with Gasteiger partial charge in [-0.15, -0.1) is 0 Å². The first-order valence-electron chi connectivity index (χ1n) is 7.62. The molecule has 0 radical (unpaired) electrons. The Kier molecular flexibility index (Phi) is 4.48. The van der Waals surface area contributed by atoms with Crippen LogP contribution in [0.25, 0.3) is 10.8 Å². The number of carbonyl (C=O) groups is 2. The maximum atomic E-state index is 12.6. The van der Waals surface area contributed by atoms with Gasteiger partial charge in [-0.3, -0.25) is 4.79 Å². The normalized spacial score (nSPS) is 14.4. The van der Waals surface area contributed by atoms with Crippen LogP contribution >= 0.6 is 0 Å². The summed E-state index contributed by atoms with van der Waals surface area (Å²) in [5, 5.41) is 14.2. The van der Waals surface area contributed by atoms with E-state index in [2.05, 4.69) is 5.32 Å². The van der Waals surface area contributed by atoms with Gasteiger partial charge >= 0.3 is 5.97 Å². The van der Waals surface area contributed by atoms with Gasteiger partial charge in [-0.1, -0.05) is 36.4 Å². The maximum Gasteiger partial charge on any atom is 0.337 e. The van der Waals surface area contributed by atoms with E-state index in [1.54, 1.807) is 0 Å². The molecule has 1 amide bonds. The average Bonchev–Trinajstić information content (AvgIpc) is 2.91. The standard InChI is InChI=1S/C18H18N2O4/c1-24-18(23)14-11-20(9-10-21)17(22)16(14)19-15-8-4-6-12-5-2-3-7-13(12)15/h2-8,19,21H,9-11H2,1H3. The van der Waals surface area contributed by atoms with E-state index in [1.165, 1.54) is 12.0 Å². The summed E-state index contributed by atoms with van der Waals surface area (Å²) in [6.45, 7) is 0.126. The fourth-order valence-corrected chi connectivity index (χ4v) is 2.82. The fourth-order valence-electron chi connectivity index (χ4n) is 2.82. The predicted molar refractivity (Wildman–Crippen MR) is 90.3 cm³/mol. The van der Waals surface area contributed by atoms with Gasteiger partial charge in [0.25, 0.3) is 5.91 Å². The first kappa shape index (κ1) is 16.0. The van der Waals surface area contributed by atoms with Gasteiger partial charge < -0.3 is 20.1 Å². The lowest BCUT2D eigenvalue weighted by Gasteiger charge is -2.15. The Balaban J connectivity index is 2.01. The van der Waals surface area contributed by atoms with Crippen LogP contribution < -0.4 is 5.32 Å². The van der Waals surface area contributed by atoms with Crippen LogP contribution in [0.1, 0.15) is 0 Å². The summed E-state index contributed by atoms with van der Waals surface area (Å²) < 4.78 is 4.79. The zero-order valence-electron chi connectivity index (χ0n) is 13.3. The van der Waals surface area contributed by atoms with Crippen molar-refractivity contribution in [2.75, 3.05) is 32.1 Å². The SMILES string of the molecule is COC(=O)C1=C(Nc2cccc3ccccc23)C(=O)N(CCO)C1. The number of methoxy groups -OCH3 is 1. The van der Waals surface area contributed by atoms with Crippen LogP contribution in [-0.4, -0.2) is 48.7 Å². The minimum Gasteiger partial charge on any atom is -0.466 e. The smallest absolute Gasteiger partial charge is 0.337 e. The van der Waals surface area contributed by atoms with E-state index in [-0.39, 0.29) is 36.9 Å². The molecule has 1 aliphatic heterocycles. The number of benzene rings is 2. The second kappa shape index (κ2) is 6.72. The number of rotatable bonds is 5. The van der Waals surface area contributed by atoms with Crippen LogP contribution in [0.15, 0.2) is 53.7 Å². The van der Waals surface area contributed by atoms with Gasteiger partial charge in [0.2, 0.25) is 0 Å². The van der Waals surface area contributed by atoms with Gasteiger partial charge in [0.1, 0.15) is 5.70 Å². The van der Waals surface area contributed by atoms with Crippen LogP contribution in [-0.2, 0) is 14.3 Å². The monoisotopic (exact) mass is 326 g/mol. The summed E-state index contributed by atoms with van der Waals surface area (Å²) in [5.41, 5.74) is 1.21. The maximum absolute atomic E-state index is 12.6. The Bertz CT molecular complexity index is 823. The molecule has 0 fully saturated rings. The molecule has 0 unspecified atom stereocenters. The van der Waals surface area contributed by atoms with Crippen molar-refractivity contribution in [1.29, 1.82) is 0 Å². The number of aliphatic hydroxyl groups is 1. The van der Waals surface area contributed by atoms with Gasteiger partial charge in [0.15, 0.2) is 0 Å². The highest BCUT2D eigenvalue weighted by Gasteiger charge is 2.34. The fraction of sp³-hybridized carbons (Fsp3) is 0.222. The lowest BCUT2D eigenvalue weighted by atomic mass is 10.1. The minimum atomic E-state index is -0.550. The number of β-amino-alcohol motifs (C(OH)–C–C–N with tert-alkyl or cyclic N) is 1. The number of nitrogens with one attached hydrogen (secondary N) is 1. The molecule has 0 saturated carbocycles. The second-order valence-electron chi connectivity index (χ2n) is 5.45. The van der Waals surface area contributed by atoms with E-state index in [4.69, 9.17) is 9.84 Å². The van der Waals surface area contributed by atoms with E-state index in [0.29, 0.717) is 0 Å². The van der Waals surface area contributed by atoms with Crippen LogP contribution in [0.4, 0.5) is 5.69 Å². The summed E-state index contributed by atoms with van der Waals surface area (Å²) >= 11 is 0. The van der Waals surface area contributed by atoms with E-state index in [0.717, 1.165) is 16.5 Å². The van der Waals surface area contributed by atoms with E-state index in [1.807, 2.05) is 42.5 Å². The summed E-state index contributed by atoms with van der Waals surface area (Å²) in [6.07, 6.45) is 0. The number of aliphatic hydroxyl groups excluding tert-OH is 1. The molecular formula is C18H18N2O4. The third kappa shape index (κ3) is 2.83. The van der Waals surface area contributed by atoms with Crippen LogP contribution in [0.3, 0.4) is 0 Å². The molecule has 6 heteroatoms. The molecule has 0 atom stereocenters. The largest absolute Gasteiger partial charge is 0.466 e. The number of ether oxygens (including phenoxy) is 1. The summed E-state index contributed by atoms with van der Waals surface area (Å²) in [5.74, 6) is -0.871. The Morgan fingerprint density at radius 3 is 2.75 bits per heavy atom. The molecule has 0 spiro atoms. The third-order valence-corrected chi connectivity index (χ3v) is 4.00. The Morgan fingerprint density at radius 2 is 2.00 bits per heavy atom. The number of carbonyl (C=O) groups excluding carboxylic acids is 2. The highest BCUT2D eigenvalue weighted by Crippen LogP contribution is 2.28. The molecule has 0 bridgehead atoms. The van der Waals surface area contributed by atoms with Crippen molar-refractivity contribution in [3.8, 4) is 0 Å². The summed E-state index contributed by atoms with van der Waals surface area (Å²) in [4.78, 5) is 26.0. The zero-order valence-corrected chi connectivity index (χ0v) is 13.3. The topological polar surface area (TPSA) is 78.9 Å². The quantitative estimate of drug-likeness (QED) is 0.815. The molecule has 124 valence electrons. The Morgan fingerprint density at radius 1 is 1.25 bits per heavy atom. The third-order valence-electron chi connectivity index (χ3n) is 4.00. The number of fused-ring (bicyclic) bond motifs is 1. The van der Waals surface area contributed by atoms with Crippen LogP contribution in [0, 0.1) is 0 Å². The van der Waals surface area contributed by atoms with Crippen molar-refractivity contribution in [3.63, 3.8) is 0 Å². The molecule has 2 N–H and O–H groups in total. The number of esters is 1. The molecular weight excluding hydrogens is 308 g/mol. The van der Waals surface area contributed by atoms with Crippen molar-refractivity contribution in [2.24, 2.45) is 0 Å². The molecule has 0 aromatic heterocycles. The molecule has 2 aromatic rings. The summed E-state index contributed by atoms with van der Waals surface area (Å²) in [6, 6.07) is 13.5. The molecule has 1 heterocycles. The van der Waals surface area contributed by atoms with Crippen molar-refractivity contribution in [2.45, 2.75) is 0 Å². The van der Waals surface area contributed by atoms with Crippen molar-refractivity contribution in [3.05, 3.63) is 53.7 Å². The first-order chi connectivity index (χ1) is 11.7. The molecule has 0 aliphatic carbocycles. The van der Waals surface area contributed by atoms with Crippen molar-refractivity contribution >= 4 is 28.3 Å². The first-order valence-corrected chi connectivity index (χ1v) is 7.62. The molecule has 3 rings (SSSR count). The highest BCUT2D eigenvalue weighted by atomic mass is 16.5. The van der Waals surface area contributed by atoms with Gasteiger partial charge in [0, 0.05) is 17.6 Å². The number of anilines is 1. The van der Waals surface area contributed by atoms with Gasteiger partial charge in [0.05, 0.1) is 25.8 Å². The Labute approximate surface area is 139 Å². The van der Waals surface area contributed by atoms with E-state index >= 15 is 0 Å². The second-order valence-corrected chi connectivity index (χ2v) is 5.45. The lowest BCUT2D eigenvalue weighted by molar-refractivity contribution is -0.136. The van der Waals surface area contributed by atoms with E-state index in [9.17, 15) is 9.59 Å². The summed E-state index contributed by atoms with van der Waals surface area (Å²) in [7, 11) is 1.28. The number of hydrogen-bond donors (Lipinski definition) is 2. The lowest BCUT2D eigenvalue weighted by Crippen LogP contribution is -2.31. The van der Waals surface area contributed by atoms with Crippen LogP contribution in [0.2, 0.25) is 0 Å². The van der Waals surface area contributed by atoms with Gasteiger partial charge in [-0.25, -0.2) is 4.79 Å². The predicted octanol–water partition coefficient (Wildman–Crippen LogP) is 1.51. The van der Waals surface area contributed by atoms with Gasteiger partial charge in [-0.05, 0) is 11.5 Å². The molecule has 2 aromatic carbocycles. The van der Waals surface area contributed by atoms with Gasteiger partial charge in [-0.2, -0.15) is 0 Å². The highest BCUT2D eigenvalue weighted by molar-refractivity contribution is 6.10. The van der Waals surface area contributed by atoms with Crippen LogP contribution in [0.5, 0.6) is 0 Å². The number of hydrogen-bond acceptors (Lipinski definition) is 5. The number of nitrogens with zero attached hydrogens (tertiary/aromatic N) is 1. The van der Waals surface area contributed by atoms with Crippen molar-refractivity contribution in [1.82, 2.24) is 4.90 Å². The van der Waals surface area contributed by atoms with Crippen molar-refractivity contribution < 1.29 is 19.4 Å². The number of amides is 1.